The highest BCUT2D eigenvalue weighted by molar-refractivity contribution is 7.91. The van der Waals surface area contributed by atoms with Gasteiger partial charge >= 0.3 is 0 Å². The van der Waals surface area contributed by atoms with Gasteiger partial charge in [-0.3, -0.25) is 0 Å². The van der Waals surface area contributed by atoms with Gasteiger partial charge in [0.25, 0.3) is 0 Å². The molecule has 0 unspecified atom stereocenters. The molecule has 10 heteroatoms. The summed E-state index contributed by atoms with van der Waals surface area (Å²) in [7, 11) is -1.24. The number of methoxy groups -OCH3 is 1. The lowest BCUT2D eigenvalue weighted by Gasteiger charge is -2.22. The van der Waals surface area contributed by atoms with E-state index in [2.05, 4.69) is 29.1 Å². The molecule has 8 nitrogen and oxygen atoms in total. The number of hydrogen-bond acceptors (Lipinski definition) is 8. The van der Waals surface area contributed by atoms with Crippen molar-refractivity contribution in [1.29, 1.82) is 0 Å². The maximum atomic E-state index is 12.0. The lowest BCUT2D eigenvalue weighted by atomic mass is 9.94. The standard InChI is InChI=1S/C25H30N4O4S2/c1-4-33-13-18-19(11-16-5-7-35(30,31)8-6-16)29-23(25(26)27-14-28-29)22(18)21-12-17-9-15(2)10-20(32-3)24(17)34-21/h9-10,12,14,16H,4-8,11,13H2,1-3H3,(H2,26,27,28). The molecule has 3 aromatic heterocycles. The van der Waals surface area contributed by atoms with Crippen LogP contribution >= 0.6 is 11.3 Å². The number of ether oxygens (including phenoxy) is 2. The number of hydrogen-bond donors (Lipinski definition) is 1. The van der Waals surface area contributed by atoms with E-state index in [4.69, 9.17) is 15.2 Å². The molecule has 1 saturated heterocycles. The van der Waals surface area contributed by atoms with Crippen molar-refractivity contribution >= 4 is 42.6 Å². The summed E-state index contributed by atoms with van der Waals surface area (Å²) in [4.78, 5) is 5.35. The zero-order chi connectivity index (χ0) is 24.7. The molecule has 4 heterocycles. The van der Waals surface area contributed by atoms with Crippen LogP contribution in [0.25, 0.3) is 26.0 Å². The quantitative estimate of drug-likeness (QED) is 0.389. The van der Waals surface area contributed by atoms with E-state index in [1.807, 2.05) is 17.5 Å². The van der Waals surface area contributed by atoms with Gasteiger partial charge in [0.1, 0.15) is 27.4 Å². The highest BCUT2D eigenvalue weighted by atomic mass is 32.2. The number of sulfone groups is 1. The van der Waals surface area contributed by atoms with Crippen LogP contribution in [0.3, 0.4) is 0 Å². The number of thiophene rings is 1. The van der Waals surface area contributed by atoms with E-state index in [-0.39, 0.29) is 17.4 Å². The predicted octanol–water partition coefficient (Wildman–Crippen LogP) is 4.41. The Labute approximate surface area is 209 Å². The molecule has 0 atom stereocenters. The monoisotopic (exact) mass is 514 g/mol. The molecular weight excluding hydrogens is 484 g/mol. The molecule has 1 aliphatic heterocycles. The van der Waals surface area contributed by atoms with Crippen LogP contribution in [0.15, 0.2) is 24.5 Å². The summed E-state index contributed by atoms with van der Waals surface area (Å²) in [5.74, 6) is 1.98. The summed E-state index contributed by atoms with van der Waals surface area (Å²) in [5, 5.41) is 5.69. The molecular formula is C25H30N4O4S2. The highest BCUT2D eigenvalue weighted by Gasteiger charge is 2.29. The average Bonchev–Trinajstić information content (AvgIpc) is 3.38. The van der Waals surface area contributed by atoms with Gasteiger partial charge in [0.05, 0.1) is 29.9 Å². The lowest BCUT2D eigenvalue weighted by molar-refractivity contribution is 0.133. The zero-order valence-electron chi connectivity index (χ0n) is 20.2. The molecule has 0 bridgehead atoms. The number of fused-ring (bicyclic) bond motifs is 2. The van der Waals surface area contributed by atoms with E-state index in [9.17, 15) is 8.42 Å². The smallest absolute Gasteiger partial charge is 0.152 e. The molecule has 5 rings (SSSR count). The van der Waals surface area contributed by atoms with Gasteiger partial charge in [-0.25, -0.2) is 17.9 Å². The van der Waals surface area contributed by atoms with Gasteiger partial charge in [0.2, 0.25) is 0 Å². The maximum absolute atomic E-state index is 12.0. The first-order valence-electron chi connectivity index (χ1n) is 11.8. The normalized spacial score (nSPS) is 16.3. The maximum Gasteiger partial charge on any atom is 0.152 e. The Balaban J connectivity index is 1.71. The third-order valence-electron chi connectivity index (χ3n) is 6.76. The van der Waals surface area contributed by atoms with E-state index in [1.165, 1.54) is 6.33 Å². The highest BCUT2D eigenvalue weighted by Crippen LogP contribution is 2.45. The van der Waals surface area contributed by atoms with E-state index in [0.717, 1.165) is 48.6 Å². The Morgan fingerprint density at radius 3 is 2.71 bits per heavy atom. The second kappa shape index (κ2) is 9.40. The fourth-order valence-electron chi connectivity index (χ4n) is 5.01. The number of rotatable bonds is 7. The van der Waals surface area contributed by atoms with Crippen LogP contribution in [0.2, 0.25) is 0 Å². The summed E-state index contributed by atoms with van der Waals surface area (Å²) >= 11 is 1.66. The molecule has 1 aromatic carbocycles. The molecule has 35 heavy (non-hydrogen) atoms. The number of nitrogen functional groups attached to an aromatic ring is 1. The fourth-order valence-corrected chi connectivity index (χ4v) is 7.81. The lowest BCUT2D eigenvalue weighted by Crippen LogP contribution is -2.25. The Morgan fingerprint density at radius 2 is 2.00 bits per heavy atom. The molecule has 0 saturated carbocycles. The SMILES string of the molecule is CCOCc1c(-c2cc3cc(C)cc(OC)c3s2)c2c(N)ncnn2c1CC1CCS(=O)(=O)CC1. The van der Waals surface area contributed by atoms with E-state index < -0.39 is 9.84 Å². The molecule has 1 aliphatic rings. The van der Waals surface area contributed by atoms with Crippen molar-refractivity contribution in [2.75, 3.05) is 31.0 Å². The molecule has 0 radical (unpaired) electrons. The van der Waals surface area contributed by atoms with Gasteiger partial charge in [-0.2, -0.15) is 5.10 Å². The van der Waals surface area contributed by atoms with Crippen molar-refractivity contribution in [3.05, 3.63) is 41.3 Å². The Morgan fingerprint density at radius 1 is 1.23 bits per heavy atom. The molecule has 2 N–H and O–H groups in total. The summed E-state index contributed by atoms with van der Waals surface area (Å²) in [6.45, 7) is 5.02. The van der Waals surface area contributed by atoms with Crippen LogP contribution in [0.4, 0.5) is 5.82 Å². The van der Waals surface area contributed by atoms with Gasteiger partial charge in [-0.1, -0.05) is 6.07 Å². The van der Waals surface area contributed by atoms with Crippen molar-refractivity contribution in [2.45, 2.75) is 39.7 Å². The van der Waals surface area contributed by atoms with Crippen molar-refractivity contribution in [3.8, 4) is 16.2 Å². The van der Waals surface area contributed by atoms with Gasteiger partial charge in [0, 0.05) is 28.3 Å². The van der Waals surface area contributed by atoms with Crippen molar-refractivity contribution in [3.63, 3.8) is 0 Å². The minimum atomic E-state index is -2.93. The van der Waals surface area contributed by atoms with Gasteiger partial charge in [0.15, 0.2) is 5.82 Å². The van der Waals surface area contributed by atoms with Crippen LogP contribution < -0.4 is 10.5 Å². The number of anilines is 1. The van der Waals surface area contributed by atoms with Gasteiger partial charge < -0.3 is 15.2 Å². The zero-order valence-corrected chi connectivity index (χ0v) is 21.8. The first-order valence-corrected chi connectivity index (χ1v) is 14.4. The van der Waals surface area contributed by atoms with Gasteiger partial charge in [-0.15, -0.1) is 11.3 Å². The molecule has 0 aliphatic carbocycles. The number of aromatic nitrogens is 3. The predicted molar refractivity (Wildman–Crippen MR) is 140 cm³/mol. The average molecular weight is 515 g/mol. The van der Waals surface area contributed by atoms with Gasteiger partial charge in [-0.05, 0) is 62.1 Å². The Bertz CT molecular complexity index is 1490. The van der Waals surface area contributed by atoms with Crippen molar-refractivity contribution in [2.24, 2.45) is 5.92 Å². The second-order valence-electron chi connectivity index (χ2n) is 9.14. The van der Waals surface area contributed by atoms with E-state index in [0.29, 0.717) is 38.3 Å². The first kappa shape index (κ1) is 24.0. The third kappa shape index (κ3) is 4.50. The Kier molecular flexibility index (Phi) is 6.45. The van der Waals surface area contributed by atoms with Crippen LogP contribution in [-0.4, -0.2) is 48.2 Å². The van der Waals surface area contributed by atoms with E-state index >= 15 is 0 Å². The number of aryl methyl sites for hydroxylation is 1. The van der Waals surface area contributed by atoms with Crippen LogP contribution in [-0.2, 0) is 27.6 Å². The first-order chi connectivity index (χ1) is 16.8. The fraction of sp³-hybridized carbons (Fsp3) is 0.440. The molecule has 186 valence electrons. The Hall–Kier alpha value is -2.69. The molecule has 0 spiro atoms. The number of benzene rings is 1. The minimum Gasteiger partial charge on any atom is -0.495 e. The van der Waals surface area contributed by atoms with Crippen molar-refractivity contribution in [1.82, 2.24) is 14.6 Å². The summed E-state index contributed by atoms with van der Waals surface area (Å²) in [6, 6.07) is 6.37. The summed E-state index contributed by atoms with van der Waals surface area (Å²) in [5.41, 5.74) is 11.4. The molecule has 4 aromatic rings. The van der Waals surface area contributed by atoms with Crippen LogP contribution in [0.1, 0.15) is 36.6 Å². The number of nitrogens with zero attached hydrogens (tertiary/aromatic N) is 3. The van der Waals surface area contributed by atoms with Crippen LogP contribution in [0, 0.1) is 12.8 Å². The van der Waals surface area contributed by atoms with Crippen molar-refractivity contribution < 1.29 is 17.9 Å². The molecule has 0 amide bonds. The van der Waals surface area contributed by atoms with Crippen LogP contribution in [0.5, 0.6) is 5.75 Å². The topological polar surface area (TPSA) is 109 Å². The largest absolute Gasteiger partial charge is 0.495 e. The summed E-state index contributed by atoms with van der Waals surface area (Å²) < 4.78 is 38.6. The number of nitrogens with two attached hydrogens (primary N) is 1. The summed E-state index contributed by atoms with van der Waals surface area (Å²) in [6.07, 6.45) is 3.49. The minimum absolute atomic E-state index is 0.237. The molecule has 1 fully saturated rings. The van der Waals surface area contributed by atoms with E-state index in [1.54, 1.807) is 18.4 Å². The second-order valence-corrected chi connectivity index (χ2v) is 12.5. The third-order valence-corrected chi connectivity index (χ3v) is 9.66.